The normalized spacial score (nSPS) is 17.4. The van der Waals surface area contributed by atoms with Gasteiger partial charge in [0, 0.05) is 18.7 Å². The first kappa shape index (κ1) is 18.6. The number of hydrogen-bond donors (Lipinski definition) is 2. The molecular weight excluding hydrogens is 394 g/mol. The lowest BCUT2D eigenvalue weighted by Gasteiger charge is -2.16. The van der Waals surface area contributed by atoms with Gasteiger partial charge >= 0.3 is 0 Å². The molecule has 1 aromatic heterocycles. The summed E-state index contributed by atoms with van der Waals surface area (Å²) in [4.78, 5) is 12.6. The van der Waals surface area contributed by atoms with Crippen LogP contribution in [-0.4, -0.2) is 42.5 Å². The average molecular weight is 417 g/mol. The highest BCUT2D eigenvalue weighted by molar-refractivity contribution is 7.89. The van der Waals surface area contributed by atoms with Crippen LogP contribution in [-0.2, 0) is 47.0 Å². The molecular formula is C19H23N5O4S. The van der Waals surface area contributed by atoms with Gasteiger partial charge < -0.3 is 10.1 Å². The van der Waals surface area contributed by atoms with E-state index < -0.39 is 10.0 Å². The van der Waals surface area contributed by atoms with Crippen LogP contribution in [0.4, 0.5) is 5.69 Å². The van der Waals surface area contributed by atoms with Gasteiger partial charge in [-0.05, 0) is 60.8 Å². The molecule has 9 nitrogen and oxygen atoms in total. The van der Waals surface area contributed by atoms with Crippen LogP contribution >= 0.6 is 0 Å². The first-order valence-corrected chi connectivity index (χ1v) is 11.5. The van der Waals surface area contributed by atoms with E-state index in [1.807, 2.05) is 0 Å². The Morgan fingerprint density at radius 3 is 2.55 bits per heavy atom. The first-order valence-electron chi connectivity index (χ1n) is 10.1. The zero-order valence-corrected chi connectivity index (χ0v) is 16.8. The number of fused-ring (bicyclic) bond motifs is 3. The third-order valence-corrected chi connectivity index (χ3v) is 7.12. The van der Waals surface area contributed by atoms with E-state index in [0.29, 0.717) is 13.2 Å². The second kappa shape index (κ2) is 7.10. The minimum absolute atomic E-state index is 0.128. The number of carbonyl (C=O) groups is 1. The van der Waals surface area contributed by atoms with Crippen molar-refractivity contribution in [3.8, 4) is 5.88 Å². The van der Waals surface area contributed by atoms with Gasteiger partial charge in [-0.25, -0.2) is 17.8 Å². The number of nitrogens with zero attached hydrogens (tertiary/aromatic N) is 3. The van der Waals surface area contributed by atoms with Crippen molar-refractivity contribution in [3.05, 3.63) is 28.3 Å². The van der Waals surface area contributed by atoms with E-state index in [1.54, 1.807) is 0 Å². The van der Waals surface area contributed by atoms with Gasteiger partial charge in [-0.3, -0.25) is 4.79 Å². The molecule has 1 aromatic carbocycles. The van der Waals surface area contributed by atoms with Crippen LogP contribution in [0.15, 0.2) is 11.1 Å². The molecule has 29 heavy (non-hydrogen) atoms. The van der Waals surface area contributed by atoms with Crippen molar-refractivity contribution in [2.45, 2.75) is 56.5 Å². The molecule has 3 aliphatic rings. The van der Waals surface area contributed by atoms with Crippen molar-refractivity contribution in [1.29, 1.82) is 0 Å². The Hall–Kier alpha value is -2.46. The smallest absolute Gasteiger partial charge is 0.265 e. The molecule has 1 amide bonds. The Bertz CT molecular complexity index is 1060. The SMILES string of the molecule is O=C(CNS(=O)(=O)c1nnn2c1OCCC2)Nc1c2c(cc3c1CCC3)CCC2. The summed E-state index contributed by atoms with van der Waals surface area (Å²) in [5.41, 5.74) is 5.95. The molecule has 2 heterocycles. The number of carbonyl (C=O) groups excluding carboxylic acids is 1. The Kier molecular flexibility index (Phi) is 4.54. The van der Waals surface area contributed by atoms with Crippen LogP contribution in [0.25, 0.3) is 0 Å². The zero-order chi connectivity index (χ0) is 20.0. The highest BCUT2D eigenvalue weighted by atomic mass is 32.2. The van der Waals surface area contributed by atoms with E-state index in [0.717, 1.165) is 50.6 Å². The van der Waals surface area contributed by atoms with E-state index in [4.69, 9.17) is 4.74 Å². The molecule has 2 aromatic rings. The summed E-state index contributed by atoms with van der Waals surface area (Å²) in [6.07, 6.45) is 6.91. The summed E-state index contributed by atoms with van der Waals surface area (Å²) < 4.78 is 34.4. The van der Waals surface area contributed by atoms with Gasteiger partial charge in [0.2, 0.25) is 5.91 Å². The van der Waals surface area contributed by atoms with E-state index in [9.17, 15) is 13.2 Å². The summed E-state index contributed by atoms with van der Waals surface area (Å²) in [5, 5.41) is 10.3. The quantitative estimate of drug-likeness (QED) is 0.749. The second-order valence-electron chi connectivity index (χ2n) is 7.73. The number of sulfonamides is 1. The largest absolute Gasteiger partial charge is 0.476 e. The molecule has 0 spiro atoms. The number of benzene rings is 1. The van der Waals surface area contributed by atoms with E-state index in [-0.39, 0.29) is 23.4 Å². The molecule has 0 saturated heterocycles. The standard InChI is InChI=1S/C19H23N5O4S/c25-16(11-20-29(26,27)18-19-24(23-22-18)8-3-9-28-19)21-17-14-6-1-4-12(14)10-13-5-2-7-15(13)17/h10,20H,1-9,11H2,(H,21,25). The van der Waals surface area contributed by atoms with E-state index >= 15 is 0 Å². The molecule has 154 valence electrons. The van der Waals surface area contributed by atoms with Crippen molar-refractivity contribution in [3.63, 3.8) is 0 Å². The van der Waals surface area contributed by atoms with Gasteiger partial charge in [0.05, 0.1) is 13.2 Å². The van der Waals surface area contributed by atoms with Crippen LogP contribution in [0.3, 0.4) is 0 Å². The van der Waals surface area contributed by atoms with Gasteiger partial charge in [0.25, 0.3) is 20.9 Å². The van der Waals surface area contributed by atoms with Crippen molar-refractivity contribution in [2.24, 2.45) is 0 Å². The summed E-state index contributed by atoms with van der Waals surface area (Å²) in [5.74, 6) is -0.257. The Morgan fingerprint density at radius 1 is 1.10 bits per heavy atom. The zero-order valence-electron chi connectivity index (χ0n) is 16.0. The van der Waals surface area contributed by atoms with Crippen molar-refractivity contribution < 1.29 is 17.9 Å². The lowest BCUT2D eigenvalue weighted by Crippen LogP contribution is -2.34. The minimum atomic E-state index is -4.00. The van der Waals surface area contributed by atoms with Crippen molar-refractivity contribution in [1.82, 2.24) is 19.7 Å². The van der Waals surface area contributed by atoms with Gasteiger partial charge in [-0.1, -0.05) is 11.3 Å². The van der Waals surface area contributed by atoms with Crippen LogP contribution in [0.2, 0.25) is 0 Å². The van der Waals surface area contributed by atoms with Gasteiger partial charge in [0.15, 0.2) is 0 Å². The van der Waals surface area contributed by atoms with Crippen molar-refractivity contribution >= 4 is 21.6 Å². The number of aromatic nitrogens is 3. The number of aryl methyl sites for hydroxylation is 3. The molecule has 2 N–H and O–H groups in total. The predicted molar refractivity (Wildman–Crippen MR) is 104 cm³/mol. The first-order chi connectivity index (χ1) is 14.0. The lowest BCUT2D eigenvalue weighted by molar-refractivity contribution is -0.115. The number of amides is 1. The summed E-state index contributed by atoms with van der Waals surface area (Å²) >= 11 is 0. The van der Waals surface area contributed by atoms with Crippen LogP contribution in [0, 0.1) is 0 Å². The molecule has 0 saturated carbocycles. The fourth-order valence-corrected chi connectivity index (χ4v) is 5.50. The molecule has 1 aliphatic heterocycles. The molecule has 0 atom stereocenters. The van der Waals surface area contributed by atoms with Crippen LogP contribution < -0.4 is 14.8 Å². The fraction of sp³-hybridized carbons (Fsp3) is 0.526. The third-order valence-electron chi connectivity index (χ3n) is 5.83. The maximum absolute atomic E-state index is 12.6. The van der Waals surface area contributed by atoms with Crippen molar-refractivity contribution in [2.75, 3.05) is 18.5 Å². The average Bonchev–Trinajstić information content (AvgIpc) is 3.44. The molecule has 2 aliphatic carbocycles. The number of ether oxygens (including phenoxy) is 1. The number of hydrogen-bond acceptors (Lipinski definition) is 6. The monoisotopic (exact) mass is 417 g/mol. The second-order valence-corrected chi connectivity index (χ2v) is 9.41. The van der Waals surface area contributed by atoms with Crippen LogP contribution in [0.1, 0.15) is 41.5 Å². The van der Waals surface area contributed by atoms with E-state index in [2.05, 4.69) is 26.4 Å². The van der Waals surface area contributed by atoms with Crippen LogP contribution in [0.5, 0.6) is 5.88 Å². The molecule has 0 unspecified atom stereocenters. The molecule has 5 rings (SSSR count). The predicted octanol–water partition coefficient (Wildman–Crippen LogP) is 0.955. The maximum atomic E-state index is 12.6. The number of nitrogens with one attached hydrogen (secondary N) is 2. The van der Waals surface area contributed by atoms with Gasteiger partial charge in [-0.2, -0.15) is 0 Å². The highest BCUT2D eigenvalue weighted by Crippen LogP contribution is 2.38. The number of anilines is 1. The molecule has 0 fully saturated rings. The third kappa shape index (κ3) is 3.29. The van der Waals surface area contributed by atoms with E-state index in [1.165, 1.54) is 26.9 Å². The summed E-state index contributed by atoms with van der Waals surface area (Å²) in [6.45, 7) is 0.607. The lowest BCUT2D eigenvalue weighted by atomic mass is 9.98. The Labute approximate surface area is 168 Å². The highest BCUT2D eigenvalue weighted by Gasteiger charge is 2.30. The summed E-state index contributed by atoms with van der Waals surface area (Å²) in [6, 6.07) is 2.29. The Balaban J connectivity index is 1.32. The number of rotatable bonds is 5. The van der Waals surface area contributed by atoms with Gasteiger partial charge in [0.1, 0.15) is 0 Å². The topological polar surface area (TPSA) is 115 Å². The maximum Gasteiger partial charge on any atom is 0.265 e. The Morgan fingerprint density at radius 2 is 1.83 bits per heavy atom. The summed E-state index contributed by atoms with van der Waals surface area (Å²) in [7, 11) is -4.00. The fourth-order valence-electron chi connectivity index (χ4n) is 4.50. The van der Waals surface area contributed by atoms with Gasteiger partial charge in [-0.15, -0.1) is 5.10 Å². The molecule has 0 radical (unpaired) electrons. The molecule has 10 heteroatoms. The minimum Gasteiger partial charge on any atom is -0.476 e. The molecule has 0 bridgehead atoms.